The van der Waals surface area contributed by atoms with E-state index in [9.17, 15) is 0 Å². The van der Waals surface area contributed by atoms with Crippen LogP contribution in [0.5, 0.6) is 0 Å². The van der Waals surface area contributed by atoms with Crippen molar-refractivity contribution >= 4 is 23.5 Å². The molecule has 2 heterocycles. The Hall–Kier alpha value is -1.10. The molecule has 0 unspecified atom stereocenters. The Labute approximate surface area is 120 Å². The molecule has 1 aromatic rings. The highest BCUT2D eigenvalue weighted by molar-refractivity contribution is 6.28. The van der Waals surface area contributed by atoms with E-state index >= 15 is 0 Å². The molecule has 2 rings (SSSR count). The van der Waals surface area contributed by atoms with Crippen molar-refractivity contribution in [1.82, 2.24) is 15.0 Å². The molecule has 1 aromatic heterocycles. The summed E-state index contributed by atoms with van der Waals surface area (Å²) in [6.07, 6.45) is 4.70. The van der Waals surface area contributed by atoms with E-state index in [1.54, 1.807) is 0 Å². The Bertz CT molecular complexity index is 406. The quantitative estimate of drug-likeness (QED) is 0.803. The fourth-order valence-corrected chi connectivity index (χ4v) is 2.43. The third-order valence-corrected chi connectivity index (χ3v) is 3.59. The summed E-state index contributed by atoms with van der Waals surface area (Å²) >= 11 is 6.05. The molecular weight excluding hydrogens is 262 g/mol. The van der Waals surface area contributed by atoms with Crippen LogP contribution >= 0.6 is 11.6 Å². The van der Waals surface area contributed by atoms with Gasteiger partial charge in [0, 0.05) is 26.2 Å². The molecule has 106 valence electrons. The molecule has 1 aliphatic rings. The highest BCUT2D eigenvalue weighted by Gasteiger charge is 2.18. The van der Waals surface area contributed by atoms with Crippen LogP contribution in [-0.4, -0.2) is 41.1 Å². The van der Waals surface area contributed by atoms with Gasteiger partial charge in [0.25, 0.3) is 0 Å². The van der Waals surface area contributed by atoms with Crippen LogP contribution in [0.4, 0.5) is 11.9 Å². The van der Waals surface area contributed by atoms with Gasteiger partial charge in [0.2, 0.25) is 17.2 Å². The van der Waals surface area contributed by atoms with Gasteiger partial charge >= 0.3 is 0 Å². The summed E-state index contributed by atoms with van der Waals surface area (Å²) in [7, 11) is 0. The summed E-state index contributed by atoms with van der Waals surface area (Å²) in [4.78, 5) is 17.5. The Balaban J connectivity index is 2.18. The van der Waals surface area contributed by atoms with E-state index in [0.29, 0.717) is 11.2 Å². The first-order valence-electron chi connectivity index (χ1n) is 7.16. The molecule has 0 atom stereocenters. The van der Waals surface area contributed by atoms with E-state index in [0.717, 1.165) is 45.0 Å². The number of halogens is 1. The first-order valence-corrected chi connectivity index (χ1v) is 7.53. The third-order valence-electron chi connectivity index (χ3n) is 3.42. The maximum Gasteiger partial charge on any atom is 0.231 e. The van der Waals surface area contributed by atoms with Gasteiger partial charge in [-0.1, -0.05) is 13.3 Å². The maximum absolute atomic E-state index is 6.05. The zero-order chi connectivity index (χ0) is 13.7. The molecule has 0 aliphatic carbocycles. The topological polar surface area (TPSA) is 45.2 Å². The van der Waals surface area contributed by atoms with Crippen LogP contribution < -0.4 is 9.80 Å². The molecule has 5 nitrogen and oxygen atoms in total. The minimum Gasteiger partial charge on any atom is -0.341 e. The fourth-order valence-electron chi connectivity index (χ4n) is 2.28. The lowest BCUT2D eigenvalue weighted by Crippen LogP contribution is -2.28. The first-order chi connectivity index (χ1) is 9.24. The van der Waals surface area contributed by atoms with Crippen LogP contribution in [0.2, 0.25) is 5.28 Å². The number of hydrogen-bond donors (Lipinski definition) is 0. The average Bonchev–Trinajstić information content (AvgIpc) is 2.93. The third kappa shape index (κ3) is 3.69. The van der Waals surface area contributed by atoms with Gasteiger partial charge in [-0.25, -0.2) is 0 Å². The first kappa shape index (κ1) is 14.3. The second-order valence-corrected chi connectivity index (χ2v) is 5.17. The summed E-state index contributed by atoms with van der Waals surface area (Å²) in [6, 6.07) is 0. The zero-order valence-electron chi connectivity index (χ0n) is 11.8. The fraction of sp³-hybridized carbons (Fsp3) is 0.769. The van der Waals surface area contributed by atoms with Crippen LogP contribution in [0.25, 0.3) is 0 Å². The van der Waals surface area contributed by atoms with E-state index in [1.807, 2.05) is 0 Å². The van der Waals surface area contributed by atoms with Crippen LogP contribution in [0.1, 0.15) is 39.5 Å². The van der Waals surface area contributed by atoms with E-state index in [1.165, 1.54) is 12.8 Å². The highest BCUT2D eigenvalue weighted by Crippen LogP contribution is 2.20. The second kappa shape index (κ2) is 6.89. The molecule has 1 fully saturated rings. The molecule has 0 aromatic carbocycles. The normalized spacial score (nSPS) is 15.0. The Morgan fingerprint density at radius 2 is 1.89 bits per heavy atom. The maximum atomic E-state index is 6.05. The lowest BCUT2D eigenvalue weighted by Gasteiger charge is -2.22. The van der Waals surface area contributed by atoms with Crippen molar-refractivity contribution in [1.29, 1.82) is 0 Å². The predicted octanol–water partition coefficient (Wildman–Crippen LogP) is 2.75. The van der Waals surface area contributed by atoms with Crippen LogP contribution in [0, 0.1) is 0 Å². The van der Waals surface area contributed by atoms with E-state index in [-0.39, 0.29) is 0 Å². The lowest BCUT2D eigenvalue weighted by atomic mass is 10.3. The molecular formula is C13H22ClN5. The summed E-state index contributed by atoms with van der Waals surface area (Å²) in [5, 5.41) is 0.293. The van der Waals surface area contributed by atoms with Gasteiger partial charge in [-0.2, -0.15) is 15.0 Å². The zero-order valence-corrected chi connectivity index (χ0v) is 12.5. The van der Waals surface area contributed by atoms with Crippen LogP contribution in [-0.2, 0) is 0 Å². The van der Waals surface area contributed by atoms with Crippen molar-refractivity contribution in [2.24, 2.45) is 0 Å². The Morgan fingerprint density at radius 1 is 1.16 bits per heavy atom. The van der Waals surface area contributed by atoms with Crippen molar-refractivity contribution in [3.8, 4) is 0 Å². The molecule has 0 bridgehead atoms. The number of unbranched alkanes of at least 4 members (excludes halogenated alkanes) is 1. The van der Waals surface area contributed by atoms with E-state index in [2.05, 4.69) is 38.6 Å². The minimum absolute atomic E-state index is 0.293. The minimum atomic E-state index is 0.293. The smallest absolute Gasteiger partial charge is 0.231 e. The van der Waals surface area contributed by atoms with E-state index in [4.69, 9.17) is 11.6 Å². The predicted molar refractivity (Wildman–Crippen MR) is 79.1 cm³/mol. The molecule has 0 N–H and O–H groups in total. The van der Waals surface area contributed by atoms with Gasteiger partial charge in [-0.3, -0.25) is 0 Å². The van der Waals surface area contributed by atoms with Gasteiger partial charge in [-0.15, -0.1) is 0 Å². The van der Waals surface area contributed by atoms with Crippen molar-refractivity contribution < 1.29 is 0 Å². The summed E-state index contributed by atoms with van der Waals surface area (Å²) in [5.74, 6) is 1.43. The van der Waals surface area contributed by atoms with Gasteiger partial charge < -0.3 is 9.80 Å². The molecule has 0 saturated carbocycles. The van der Waals surface area contributed by atoms with Crippen molar-refractivity contribution in [3.63, 3.8) is 0 Å². The van der Waals surface area contributed by atoms with Crippen molar-refractivity contribution in [3.05, 3.63) is 5.28 Å². The largest absolute Gasteiger partial charge is 0.341 e. The monoisotopic (exact) mass is 283 g/mol. The van der Waals surface area contributed by atoms with Gasteiger partial charge in [0.1, 0.15) is 0 Å². The van der Waals surface area contributed by atoms with E-state index < -0.39 is 0 Å². The number of anilines is 2. The van der Waals surface area contributed by atoms with Crippen LogP contribution in [0.15, 0.2) is 0 Å². The Morgan fingerprint density at radius 3 is 2.53 bits per heavy atom. The van der Waals surface area contributed by atoms with Crippen molar-refractivity contribution in [2.45, 2.75) is 39.5 Å². The lowest BCUT2D eigenvalue weighted by molar-refractivity contribution is 0.708. The molecule has 0 amide bonds. The average molecular weight is 284 g/mol. The number of rotatable bonds is 6. The van der Waals surface area contributed by atoms with Crippen molar-refractivity contribution in [2.75, 3.05) is 36.0 Å². The van der Waals surface area contributed by atoms with Gasteiger partial charge in [0.05, 0.1) is 0 Å². The SMILES string of the molecule is CCCCN(CC)c1nc(Cl)nc(N2CCCC2)n1. The summed E-state index contributed by atoms with van der Waals surface area (Å²) in [5.41, 5.74) is 0. The number of nitrogens with zero attached hydrogens (tertiary/aromatic N) is 5. The molecule has 0 radical (unpaired) electrons. The standard InChI is InChI=1S/C13H22ClN5/c1-3-5-8-18(4-2)12-15-11(14)16-13(17-12)19-9-6-7-10-19/h3-10H2,1-2H3. The molecule has 1 aliphatic heterocycles. The van der Waals surface area contributed by atoms with Gasteiger partial charge in [0.15, 0.2) is 0 Å². The molecule has 19 heavy (non-hydrogen) atoms. The summed E-state index contributed by atoms with van der Waals surface area (Å²) < 4.78 is 0. The molecule has 6 heteroatoms. The number of hydrogen-bond acceptors (Lipinski definition) is 5. The highest BCUT2D eigenvalue weighted by atomic mass is 35.5. The van der Waals surface area contributed by atoms with Crippen LogP contribution in [0.3, 0.4) is 0 Å². The summed E-state index contributed by atoms with van der Waals surface area (Å²) in [6.45, 7) is 8.18. The second-order valence-electron chi connectivity index (χ2n) is 4.83. The van der Waals surface area contributed by atoms with Gasteiger partial charge in [-0.05, 0) is 37.8 Å². The number of aromatic nitrogens is 3. The molecule has 0 spiro atoms. The molecule has 1 saturated heterocycles. The Kier molecular flexibility index (Phi) is 5.19.